The number of hydrogen-bond donors (Lipinski definition) is 1. The monoisotopic (exact) mass is 169 g/mol. The first-order valence-corrected chi connectivity index (χ1v) is 4.85. The number of thiophene rings is 1. The molecule has 0 aliphatic carbocycles. The lowest BCUT2D eigenvalue weighted by atomic mass is 10.0. The van der Waals surface area contributed by atoms with Gasteiger partial charge in [0.25, 0.3) is 0 Å². The lowest BCUT2D eigenvalue weighted by molar-refractivity contribution is 0.696. The highest BCUT2D eigenvalue weighted by Gasteiger charge is 2.09. The van der Waals surface area contributed by atoms with Crippen LogP contribution >= 0.6 is 11.3 Å². The van der Waals surface area contributed by atoms with Crippen molar-refractivity contribution in [3.05, 3.63) is 21.4 Å². The zero-order valence-electron chi connectivity index (χ0n) is 7.35. The molecule has 0 saturated carbocycles. The zero-order valence-corrected chi connectivity index (χ0v) is 8.16. The molecule has 11 heavy (non-hydrogen) atoms. The Bertz CT molecular complexity index is 240. The summed E-state index contributed by atoms with van der Waals surface area (Å²) in [5.41, 5.74) is 8.62. The fourth-order valence-electron chi connectivity index (χ4n) is 1.12. The van der Waals surface area contributed by atoms with E-state index in [1.165, 1.54) is 16.0 Å². The number of rotatable bonds is 2. The summed E-state index contributed by atoms with van der Waals surface area (Å²) in [6, 6.07) is 0.236. The van der Waals surface area contributed by atoms with Gasteiger partial charge in [0.1, 0.15) is 0 Å². The van der Waals surface area contributed by atoms with Crippen LogP contribution in [-0.2, 0) is 0 Å². The molecular formula is C9H15NS. The van der Waals surface area contributed by atoms with Gasteiger partial charge in [0.05, 0.1) is 0 Å². The molecule has 0 aromatic carbocycles. The Kier molecular flexibility index (Phi) is 2.68. The minimum Gasteiger partial charge on any atom is -0.324 e. The highest BCUT2D eigenvalue weighted by Crippen LogP contribution is 2.26. The Morgan fingerprint density at radius 2 is 2.18 bits per heavy atom. The van der Waals surface area contributed by atoms with E-state index in [0.717, 1.165) is 6.42 Å². The minimum atomic E-state index is 0.236. The highest BCUT2D eigenvalue weighted by molar-refractivity contribution is 7.10. The van der Waals surface area contributed by atoms with Gasteiger partial charge in [-0.3, -0.25) is 0 Å². The van der Waals surface area contributed by atoms with Crippen molar-refractivity contribution >= 4 is 11.3 Å². The van der Waals surface area contributed by atoms with Crippen molar-refractivity contribution in [1.82, 2.24) is 0 Å². The first-order chi connectivity index (χ1) is 5.16. The van der Waals surface area contributed by atoms with Gasteiger partial charge in [0, 0.05) is 10.9 Å². The lowest BCUT2D eigenvalue weighted by Gasteiger charge is -2.07. The molecular weight excluding hydrogens is 154 g/mol. The molecule has 0 radical (unpaired) electrons. The number of hydrogen-bond acceptors (Lipinski definition) is 2. The Balaban J connectivity index is 2.94. The summed E-state index contributed by atoms with van der Waals surface area (Å²) in [6.45, 7) is 6.42. The maximum absolute atomic E-state index is 5.92. The molecule has 1 aromatic rings. The van der Waals surface area contributed by atoms with Crippen molar-refractivity contribution in [2.24, 2.45) is 5.73 Å². The highest BCUT2D eigenvalue weighted by atomic mass is 32.1. The molecule has 0 spiro atoms. The molecule has 1 aromatic heterocycles. The standard InChI is InChI=1S/C9H15NS/c1-4-9(10)8-5-11-7(3)6(8)2/h5,9H,4,10H2,1-3H3. The maximum Gasteiger partial charge on any atom is 0.0303 e. The van der Waals surface area contributed by atoms with Crippen molar-refractivity contribution in [3.8, 4) is 0 Å². The van der Waals surface area contributed by atoms with Gasteiger partial charge in [-0.15, -0.1) is 11.3 Å². The average Bonchev–Trinajstić information content (AvgIpc) is 2.32. The third-order valence-electron chi connectivity index (χ3n) is 2.16. The molecule has 62 valence electrons. The molecule has 0 bridgehead atoms. The van der Waals surface area contributed by atoms with E-state index in [4.69, 9.17) is 5.73 Å². The van der Waals surface area contributed by atoms with E-state index in [0.29, 0.717) is 0 Å². The van der Waals surface area contributed by atoms with Crippen LogP contribution < -0.4 is 5.73 Å². The van der Waals surface area contributed by atoms with Crippen LogP contribution in [0.1, 0.15) is 35.4 Å². The van der Waals surface area contributed by atoms with E-state index in [1.807, 2.05) is 0 Å². The summed E-state index contributed by atoms with van der Waals surface area (Å²) >= 11 is 1.79. The van der Waals surface area contributed by atoms with Gasteiger partial charge in [-0.05, 0) is 36.8 Å². The summed E-state index contributed by atoms with van der Waals surface area (Å²) in [5.74, 6) is 0. The molecule has 0 aliphatic rings. The van der Waals surface area contributed by atoms with Crippen molar-refractivity contribution < 1.29 is 0 Å². The summed E-state index contributed by atoms with van der Waals surface area (Å²) in [5, 5.41) is 2.18. The normalized spacial score (nSPS) is 13.5. The van der Waals surface area contributed by atoms with Crippen LogP contribution in [0.2, 0.25) is 0 Å². The maximum atomic E-state index is 5.92. The van der Waals surface area contributed by atoms with Gasteiger partial charge >= 0.3 is 0 Å². The Morgan fingerprint density at radius 1 is 1.55 bits per heavy atom. The second-order valence-corrected chi connectivity index (χ2v) is 3.97. The van der Waals surface area contributed by atoms with Crippen molar-refractivity contribution in [2.75, 3.05) is 0 Å². The second kappa shape index (κ2) is 3.37. The van der Waals surface area contributed by atoms with Crippen LogP contribution in [0.25, 0.3) is 0 Å². The van der Waals surface area contributed by atoms with E-state index in [9.17, 15) is 0 Å². The lowest BCUT2D eigenvalue weighted by Crippen LogP contribution is -2.08. The van der Waals surface area contributed by atoms with Gasteiger partial charge in [0.15, 0.2) is 0 Å². The van der Waals surface area contributed by atoms with Gasteiger partial charge in [0.2, 0.25) is 0 Å². The van der Waals surface area contributed by atoms with E-state index in [2.05, 4.69) is 26.2 Å². The molecule has 1 unspecified atom stereocenters. The SMILES string of the molecule is CCC(N)c1csc(C)c1C. The second-order valence-electron chi connectivity index (χ2n) is 2.89. The topological polar surface area (TPSA) is 26.0 Å². The molecule has 1 nitrogen and oxygen atoms in total. The smallest absolute Gasteiger partial charge is 0.0303 e. The Morgan fingerprint density at radius 3 is 2.55 bits per heavy atom. The number of aryl methyl sites for hydroxylation is 1. The molecule has 0 fully saturated rings. The van der Waals surface area contributed by atoms with E-state index in [1.54, 1.807) is 11.3 Å². The van der Waals surface area contributed by atoms with Gasteiger partial charge in [-0.2, -0.15) is 0 Å². The summed E-state index contributed by atoms with van der Waals surface area (Å²) in [7, 11) is 0. The van der Waals surface area contributed by atoms with Crippen molar-refractivity contribution in [2.45, 2.75) is 33.2 Å². The molecule has 1 atom stereocenters. The van der Waals surface area contributed by atoms with Gasteiger partial charge in [-0.25, -0.2) is 0 Å². The number of nitrogens with two attached hydrogens (primary N) is 1. The van der Waals surface area contributed by atoms with Crippen LogP contribution in [0, 0.1) is 13.8 Å². The Labute approximate surface area is 72.2 Å². The Hall–Kier alpha value is -0.340. The zero-order chi connectivity index (χ0) is 8.43. The van der Waals surface area contributed by atoms with Crippen LogP contribution in [0.15, 0.2) is 5.38 Å². The first kappa shape index (κ1) is 8.75. The van der Waals surface area contributed by atoms with Crippen LogP contribution in [0.5, 0.6) is 0 Å². The summed E-state index contributed by atoms with van der Waals surface area (Å²) in [4.78, 5) is 1.39. The average molecular weight is 169 g/mol. The fraction of sp³-hybridized carbons (Fsp3) is 0.556. The molecule has 0 saturated heterocycles. The van der Waals surface area contributed by atoms with Gasteiger partial charge in [-0.1, -0.05) is 6.92 Å². The summed E-state index contributed by atoms with van der Waals surface area (Å²) in [6.07, 6.45) is 1.02. The predicted molar refractivity (Wildman–Crippen MR) is 51.0 cm³/mol. The first-order valence-electron chi connectivity index (χ1n) is 3.97. The third-order valence-corrected chi connectivity index (χ3v) is 3.19. The molecule has 2 N–H and O–H groups in total. The van der Waals surface area contributed by atoms with E-state index in [-0.39, 0.29) is 6.04 Å². The summed E-state index contributed by atoms with van der Waals surface area (Å²) < 4.78 is 0. The fourth-order valence-corrected chi connectivity index (χ4v) is 2.07. The van der Waals surface area contributed by atoms with Crippen LogP contribution in [-0.4, -0.2) is 0 Å². The van der Waals surface area contributed by atoms with Gasteiger partial charge < -0.3 is 5.73 Å². The molecule has 0 amide bonds. The molecule has 2 heteroatoms. The van der Waals surface area contributed by atoms with Crippen LogP contribution in [0.3, 0.4) is 0 Å². The van der Waals surface area contributed by atoms with Crippen molar-refractivity contribution in [1.29, 1.82) is 0 Å². The third kappa shape index (κ3) is 1.63. The minimum absolute atomic E-state index is 0.236. The van der Waals surface area contributed by atoms with E-state index >= 15 is 0 Å². The quantitative estimate of drug-likeness (QED) is 0.724. The molecule has 1 rings (SSSR count). The van der Waals surface area contributed by atoms with Crippen LogP contribution in [0.4, 0.5) is 0 Å². The molecule has 1 heterocycles. The predicted octanol–water partition coefficient (Wildman–Crippen LogP) is 2.77. The largest absolute Gasteiger partial charge is 0.324 e. The van der Waals surface area contributed by atoms with E-state index < -0.39 is 0 Å². The molecule has 0 aliphatic heterocycles. The van der Waals surface area contributed by atoms with Crippen molar-refractivity contribution in [3.63, 3.8) is 0 Å².